The monoisotopic (exact) mass is 176 g/mol. The first-order chi connectivity index (χ1) is 6.20. The molecule has 3 nitrogen and oxygen atoms in total. The molecule has 2 heterocycles. The molecule has 68 valence electrons. The zero-order valence-electron chi connectivity index (χ0n) is 8.23. The van der Waals surface area contributed by atoms with E-state index < -0.39 is 0 Å². The molecule has 0 aliphatic heterocycles. The van der Waals surface area contributed by atoms with Gasteiger partial charge in [-0.05, 0) is 0 Å². The third-order valence-corrected chi connectivity index (χ3v) is 2.26. The van der Waals surface area contributed by atoms with Gasteiger partial charge in [-0.1, -0.05) is 18.8 Å². The van der Waals surface area contributed by atoms with Gasteiger partial charge in [-0.15, -0.1) is 0 Å². The van der Waals surface area contributed by atoms with E-state index in [1.807, 2.05) is 30.1 Å². The summed E-state index contributed by atoms with van der Waals surface area (Å²) < 4.78 is 4.15. The van der Waals surface area contributed by atoms with Crippen molar-refractivity contribution in [2.75, 3.05) is 0 Å². The summed E-state index contributed by atoms with van der Waals surface area (Å²) in [6.07, 6.45) is 6.00. The molecule has 2 rings (SSSR count). The molecule has 0 radical (unpaired) electrons. The van der Waals surface area contributed by atoms with Crippen LogP contribution in [-0.2, 0) is 7.05 Å². The molecule has 2 aromatic heterocycles. The van der Waals surface area contributed by atoms with Crippen LogP contribution in [0.5, 0.6) is 0 Å². The van der Waals surface area contributed by atoms with Crippen molar-refractivity contribution in [1.82, 2.24) is 9.38 Å². The number of imidazole rings is 1. The maximum Gasteiger partial charge on any atom is 0.403 e. The van der Waals surface area contributed by atoms with Gasteiger partial charge in [0.2, 0.25) is 0 Å². The second-order valence-corrected chi connectivity index (χ2v) is 3.61. The fourth-order valence-corrected chi connectivity index (χ4v) is 1.53. The summed E-state index contributed by atoms with van der Waals surface area (Å²) in [7, 11) is 2.01. The minimum absolute atomic E-state index is 0.511. The second kappa shape index (κ2) is 2.83. The van der Waals surface area contributed by atoms with Crippen LogP contribution >= 0.6 is 0 Å². The SMILES string of the molecule is CC(C)c1cnc2n1ccc[n+]2C. The Labute approximate surface area is 77.7 Å². The van der Waals surface area contributed by atoms with E-state index >= 15 is 0 Å². The van der Waals surface area contributed by atoms with E-state index in [1.54, 1.807) is 0 Å². The van der Waals surface area contributed by atoms with Crippen LogP contribution in [0.3, 0.4) is 0 Å². The molecular formula is C10H14N3+. The summed E-state index contributed by atoms with van der Waals surface area (Å²) in [5, 5.41) is 0. The standard InChI is InChI=1S/C10H14N3/c1-8(2)9-7-11-10-12(3)5-4-6-13(9)10/h4-8H,1-3H3/q+1. The zero-order valence-corrected chi connectivity index (χ0v) is 8.23. The van der Waals surface area contributed by atoms with Crippen LogP contribution in [0.1, 0.15) is 25.5 Å². The Balaban J connectivity index is 2.75. The number of aromatic nitrogens is 3. The summed E-state index contributed by atoms with van der Waals surface area (Å²) in [6.45, 7) is 4.35. The first-order valence-electron chi connectivity index (χ1n) is 4.51. The van der Waals surface area contributed by atoms with E-state index in [4.69, 9.17) is 0 Å². The summed E-state index contributed by atoms with van der Waals surface area (Å²) in [5.41, 5.74) is 1.26. The molecule has 0 aliphatic carbocycles. The summed E-state index contributed by atoms with van der Waals surface area (Å²) in [4.78, 5) is 4.37. The molecule has 3 heteroatoms. The van der Waals surface area contributed by atoms with E-state index in [1.165, 1.54) is 5.69 Å². The lowest BCUT2D eigenvalue weighted by molar-refractivity contribution is -0.650. The quantitative estimate of drug-likeness (QED) is 0.600. The first kappa shape index (κ1) is 8.23. The van der Waals surface area contributed by atoms with Crippen LogP contribution in [0.4, 0.5) is 0 Å². The molecule has 0 bridgehead atoms. The van der Waals surface area contributed by atoms with Crippen molar-refractivity contribution in [3.05, 3.63) is 30.4 Å². The van der Waals surface area contributed by atoms with E-state index in [0.29, 0.717) is 5.92 Å². The third kappa shape index (κ3) is 1.20. The Hall–Kier alpha value is -1.38. The highest BCUT2D eigenvalue weighted by Crippen LogP contribution is 2.13. The van der Waals surface area contributed by atoms with Crippen molar-refractivity contribution in [3.8, 4) is 0 Å². The van der Waals surface area contributed by atoms with Crippen LogP contribution in [0.25, 0.3) is 5.78 Å². The molecule has 13 heavy (non-hydrogen) atoms. The smallest absolute Gasteiger partial charge is 0.238 e. The predicted molar refractivity (Wildman–Crippen MR) is 50.5 cm³/mol. The lowest BCUT2D eigenvalue weighted by Crippen LogP contribution is -2.30. The maximum atomic E-state index is 4.37. The molecule has 0 atom stereocenters. The lowest BCUT2D eigenvalue weighted by atomic mass is 10.1. The van der Waals surface area contributed by atoms with Crippen LogP contribution in [0.15, 0.2) is 24.7 Å². The van der Waals surface area contributed by atoms with Gasteiger partial charge >= 0.3 is 5.78 Å². The van der Waals surface area contributed by atoms with Crippen molar-refractivity contribution < 1.29 is 4.57 Å². The molecule has 0 spiro atoms. The van der Waals surface area contributed by atoms with Crippen LogP contribution in [0, 0.1) is 0 Å². The summed E-state index contributed by atoms with van der Waals surface area (Å²) in [5.74, 6) is 1.50. The van der Waals surface area contributed by atoms with E-state index in [2.05, 4.69) is 29.4 Å². The van der Waals surface area contributed by atoms with Crippen LogP contribution in [-0.4, -0.2) is 9.38 Å². The maximum absolute atomic E-state index is 4.37. The number of hydrogen-bond donors (Lipinski definition) is 0. The Morgan fingerprint density at radius 1 is 1.46 bits per heavy atom. The fourth-order valence-electron chi connectivity index (χ4n) is 1.53. The van der Waals surface area contributed by atoms with E-state index in [0.717, 1.165) is 5.78 Å². The van der Waals surface area contributed by atoms with Gasteiger partial charge in [0.15, 0.2) is 0 Å². The normalized spacial score (nSPS) is 11.4. The molecular weight excluding hydrogens is 162 g/mol. The number of fused-ring (bicyclic) bond motifs is 1. The van der Waals surface area contributed by atoms with Crippen LogP contribution < -0.4 is 4.57 Å². The average Bonchev–Trinajstić information content (AvgIpc) is 2.48. The molecule has 0 amide bonds. The highest BCUT2D eigenvalue weighted by Gasteiger charge is 2.14. The Morgan fingerprint density at radius 2 is 2.23 bits per heavy atom. The van der Waals surface area contributed by atoms with E-state index in [-0.39, 0.29) is 0 Å². The largest absolute Gasteiger partial charge is 0.403 e. The topological polar surface area (TPSA) is 21.2 Å². The van der Waals surface area contributed by atoms with Crippen molar-refractivity contribution in [2.24, 2.45) is 7.05 Å². The Bertz CT molecular complexity index is 429. The molecule has 0 saturated heterocycles. The van der Waals surface area contributed by atoms with Gasteiger partial charge in [-0.2, -0.15) is 0 Å². The molecule has 2 aromatic rings. The number of rotatable bonds is 1. The predicted octanol–water partition coefficient (Wildman–Crippen LogP) is 1.28. The Morgan fingerprint density at radius 3 is 2.92 bits per heavy atom. The van der Waals surface area contributed by atoms with Gasteiger partial charge in [0.1, 0.15) is 11.9 Å². The van der Waals surface area contributed by atoms with Gasteiger partial charge in [0.05, 0.1) is 19.4 Å². The van der Waals surface area contributed by atoms with Gasteiger partial charge in [-0.25, -0.2) is 8.97 Å². The summed E-state index contributed by atoms with van der Waals surface area (Å²) >= 11 is 0. The number of hydrogen-bond acceptors (Lipinski definition) is 1. The molecule has 0 saturated carbocycles. The van der Waals surface area contributed by atoms with E-state index in [9.17, 15) is 0 Å². The summed E-state index contributed by atoms with van der Waals surface area (Å²) in [6, 6.07) is 2.03. The van der Waals surface area contributed by atoms with Gasteiger partial charge in [-0.3, -0.25) is 0 Å². The number of aryl methyl sites for hydroxylation is 1. The minimum Gasteiger partial charge on any atom is -0.238 e. The molecule has 0 fully saturated rings. The second-order valence-electron chi connectivity index (χ2n) is 3.61. The van der Waals surface area contributed by atoms with Crippen molar-refractivity contribution in [3.63, 3.8) is 0 Å². The molecule has 0 N–H and O–H groups in total. The van der Waals surface area contributed by atoms with Crippen molar-refractivity contribution >= 4 is 5.78 Å². The lowest BCUT2D eigenvalue weighted by Gasteiger charge is -1.99. The molecule has 0 aliphatic rings. The highest BCUT2D eigenvalue weighted by atomic mass is 15.2. The van der Waals surface area contributed by atoms with Gasteiger partial charge < -0.3 is 0 Å². The highest BCUT2D eigenvalue weighted by molar-refractivity contribution is 5.26. The van der Waals surface area contributed by atoms with Gasteiger partial charge in [0, 0.05) is 12.0 Å². The Kier molecular flexibility index (Phi) is 1.79. The average molecular weight is 176 g/mol. The molecule has 0 aromatic carbocycles. The van der Waals surface area contributed by atoms with Gasteiger partial charge in [0.25, 0.3) is 0 Å². The first-order valence-corrected chi connectivity index (χ1v) is 4.51. The minimum atomic E-state index is 0.511. The molecule has 0 unspecified atom stereocenters. The number of nitrogens with zero attached hydrogens (tertiary/aromatic N) is 3. The van der Waals surface area contributed by atoms with Crippen molar-refractivity contribution in [1.29, 1.82) is 0 Å². The van der Waals surface area contributed by atoms with Crippen LogP contribution in [0.2, 0.25) is 0 Å². The fraction of sp³-hybridized carbons (Fsp3) is 0.400. The zero-order chi connectivity index (χ0) is 9.42. The van der Waals surface area contributed by atoms with Crippen molar-refractivity contribution in [2.45, 2.75) is 19.8 Å². The third-order valence-electron chi connectivity index (χ3n) is 2.26.